The topological polar surface area (TPSA) is 66.5 Å². The Hall–Kier alpha value is -2.09. The Bertz CT molecular complexity index is 1200. The van der Waals surface area contributed by atoms with Crippen LogP contribution in [0.15, 0.2) is 71.6 Å². The Morgan fingerprint density at radius 3 is 2.16 bits per heavy atom. The van der Waals surface area contributed by atoms with Crippen LogP contribution >= 0.6 is 34.8 Å². The van der Waals surface area contributed by atoms with Crippen molar-refractivity contribution >= 4 is 50.7 Å². The van der Waals surface area contributed by atoms with Gasteiger partial charge < -0.3 is 5.32 Å². The van der Waals surface area contributed by atoms with Crippen molar-refractivity contribution in [1.29, 1.82) is 0 Å². The van der Waals surface area contributed by atoms with Crippen LogP contribution in [-0.2, 0) is 27.9 Å². The highest BCUT2D eigenvalue weighted by molar-refractivity contribution is 7.89. The zero-order valence-corrected chi connectivity index (χ0v) is 20.3. The molecule has 32 heavy (non-hydrogen) atoms. The van der Waals surface area contributed by atoms with Crippen molar-refractivity contribution in [3.05, 3.63) is 98.5 Å². The van der Waals surface area contributed by atoms with Gasteiger partial charge in [0.05, 0.1) is 11.4 Å². The maximum absolute atomic E-state index is 13.3. The molecule has 0 unspecified atom stereocenters. The number of aryl methyl sites for hydroxylation is 1. The summed E-state index contributed by atoms with van der Waals surface area (Å²) in [6.07, 6.45) is 0. The number of nitrogens with zero attached hydrogens (tertiary/aromatic N) is 1. The molecule has 0 aliphatic carbocycles. The van der Waals surface area contributed by atoms with Crippen LogP contribution in [0.5, 0.6) is 0 Å². The van der Waals surface area contributed by atoms with Gasteiger partial charge in [-0.05, 0) is 54.4 Å². The SMILES string of the molecule is Cc1ccc(S(=O)(=O)N(CC(=O)NCc2ccc(Cl)cc2)Cc2ccc(Cl)cc2Cl)cc1. The lowest BCUT2D eigenvalue weighted by molar-refractivity contribution is -0.121. The fraction of sp³-hybridized carbons (Fsp3) is 0.174. The lowest BCUT2D eigenvalue weighted by Crippen LogP contribution is -2.40. The lowest BCUT2D eigenvalue weighted by Gasteiger charge is -2.22. The van der Waals surface area contributed by atoms with Gasteiger partial charge in [0.2, 0.25) is 15.9 Å². The van der Waals surface area contributed by atoms with Crippen molar-refractivity contribution in [2.45, 2.75) is 24.9 Å². The van der Waals surface area contributed by atoms with E-state index in [9.17, 15) is 13.2 Å². The number of amides is 1. The Balaban J connectivity index is 1.82. The van der Waals surface area contributed by atoms with Crippen molar-refractivity contribution in [1.82, 2.24) is 9.62 Å². The normalized spacial score (nSPS) is 11.5. The first-order valence-electron chi connectivity index (χ1n) is 9.67. The molecule has 0 atom stereocenters. The van der Waals surface area contributed by atoms with Gasteiger partial charge in [-0.15, -0.1) is 0 Å². The van der Waals surface area contributed by atoms with E-state index in [1.807, 2.05) is 6.92 Å². The zero-order valence-electron chi connectivity index (χ0n) is 17.2. The van der Waals surface area contributed by atoms with E-state index in [-0.39, 0.29) is 24.5 Å². The van der Waals surface area contributed by atoms with E-state index in [2.05, 4.69) is 5.32 Å². The fourth-order valence-electron chi connectivity index (χ4n) is 2.94. The van der Waals surface area contributed by atoms with E-state index in [1.54, 1.807) is 48.5 Å². The molecule has 0 saturated heterocycles. The molecular formula is C23H21Cl3N2O3S. The minimum Gasteiger partial charge on any atom is -0.351 e. The number of hydrogen-bond donors (Lipinski definition) is 1. The minimum absolute atomic E-state index is 0.0828. The van der Waals surface area contributed by atoms with Crippen molar-refractivity contribution in [2.24, 2.45) is 0 Å². The highest BCUT2D eigenvalue weighted by atomic mass is 35.5. The number of benzene rings is 3. The first-order chi connectivity index (χ1) is 15.1. The van der Waals surface area contributed by atoms with Crippen LogP contribution in [0.2, 0.25) is 15.1 Å². The predicted molar refractivity (Wildman–Crippen MR) is 129 cm³/mol. The van der Waals surface area contributed by atoms with E-state index in [4.69, 9.17) is 34.8 Å². The van der Waals surface area contributed by atoms with Gasteiger partial charge in [0.1, 0.15) is 0 Å². The molecule has 1 N–H and O–H groups in total. The van der Waals surface area contributed by atoms with Gasteiger partial charge in [0.25, 0.3) is 0 Å². The molecule has 168 valence electrons. The molecule has 1 amide bonds. The van der Waals surface area contributed by atoms with Crippen molar-refractivity contribution < 1.29 is 13.2 Å². The summed E-state index contributed by atoms with van der Waals surface area (Å²) in [6, 6.07) is 18.3. The molecule has 3 aromatic rings. The average Bonchev–Trinajstić information content (AvgIpc) is 2.75. The fourth-order valence-corrected chi connectivity index (χ4v) is 4.91. The third kappa shape index (κ3) is 6.47. The Morgan fingerprint density at radius 2 is 1.53 bits per heavy atom. The van der Waals surface area contributed by atoms with E-state index in [0.717, 1.165) is 15.4 Å². The lowest BCUT2D eigenvalue weighted by atomic mass is 10.2. The second-order valence-corrected chi connectivity index (χ2v) is 10.4. The predicted octanol–water partition coefficient (Wildman–Crippen LogP) is 5.46. The van der Waals surface area contributed by atoms with E-state index < -0.39 is 15.9 Å². The standard InChI is InChI=1S/C23H21Cl3N2O3S/c1-16-2-10-21(11-3-16)32(30,31)28(14-18-6-9-20(25)12-22(18)26)15-23(29)27-13-17-4-7-19(24)8-5-17/h2-12H,13-15H2,1H3,(H,27,29). The van der Waals surface area contributed by atoms with Gasteiger partial charge in [-0.2, -0.15) is 4.31 Å². The second kappa shape index (κ2) is 10.7. The van der Waals surface area contributed by atoms with Crippen LogP contribution in [0.4, 0.5) is 0 Å². The van der Waals surface area contributed by atoms with Crippen LogP contribution in [0.25, 0.3) is 0 Å². The Kier molecular flexibility index (Phi) is 8.20. The number of hydrogen-bond acceptors (Lipinski definition) is 3. The maximum Gasteiger partial charge on any atom is 0.243 e. The van der Waals surface area contributed by atoms with Crippen LogP contribution in [0.3, 0.4) is 0 Å². The van der Waals surface area contributed by atoms with Crippen LogP contribution < -0.4 is 5.32 Å². The van der Waals surface area contributed by atoms with Gasteiger partial charge >= 0.3 is 0 Å². The quantitative estimate of drug-likeness (QED) is 0.436. The van der Waals surface area contributed by atoms with Crippen molar-refractivity contribution in [3.8, 4) is 0 Å². The Morgan fingerprint density at radius 1 is 0.906 bits per heavy atom. The van der Waals surface area contributed by atoms with Crippen molar-refractivity contribution in [3.63, 3.8) is 0 Å². The molecule has 0 heterocycles. The molecule has 5 nitrogen and oxygen atoms in total. The minimum atomic E-state index is -3.96. The molecule has 0 fully saturated rings. The summed E-state index contributed by atoms with van der Waals surface area (Å²) >= 11 is 18.1. The smallest absolute Gasteiger partial charge is 0.243 e. The molecule has 0 saturated carbocycles. The molecule has 0 aliphatic heterocycles. The number of sulfonamides is 1. The molecule has 0 spiro atoms. The molecule has 0 aromatic heterocycles. The largest absolute Gasteiger partial charge is 0.351 e. The molecule has 0 aliphatic rings. The Labute approximate surface area is 203 Å². The van der Waals surface area contributed by atoms with Crippen LogP contribution in [-0.4, -0.2) is 25.2 Å². The van der Waals surface area contributed by atoms with Gasteiger partial charge in [-0.1, -0.05) is 70.7 Å². The second-order valence-electron chi connectivity index (χ2n) is 7.23. The average molecular weight is 512 g/mol. The van der Waals surface area contributed by atoms with E-state index >= 15 is 0 Å². The summed E-state index contributed by atoms with van der Waals surface area (Å²) in [5.41, 5.74) is 2.31. The highest BCUT2D eigenvalue weighted by Crippen LogP contribution is 2.25. The highest BCUT2D eigenvalue weighted by Gasteiger charge is 2.27. The maximum atomic E-state index is 13.3. The number of carbonyl (C=O) groups excluding carboxylic acids is 1. The molecule has 0 bridgehead atoms. The van der Waals surface area contributed by atoms with Gasteiger partial charge in [-0.3, -0.25) is 4.79 Å². The first kappa shape index (κ1) is 24.6. The summed E-state index contributed by atoms with van der Waals surface area (Å²) in [4.78, 5) is 12.8. The summed E-state index contributed by atoms with van der Waals surface area (Å²) in [6.45, 7) is 1.66. The van der Waals surface area contributed by atoms with Gasteiger partial charge in [0, 0.05) is 28.2 Å². The third-order valence-corrected chi connectivity index (χ3v) is 7.39. The van der Waals surface area contributed by atoms with Gasteiger partial charge in [-0.25, -0.2) is 8.42 Å². The zero-order chi connectivity index (χ0) is 23.3. The summed E-state index contributed by atoms with van der Waals surface area (Å²) in [5.74, 6) is -0.444. The van der Waals surface area contributed by atoms with Gasteiger partial charge in [0.15, 0.2) is 0 Å². The summed E-state index contributed by atoms with van der Waals surface area (Å²) in [5, 5.41) is 4.10. The number of carbonyl (C=O) groups is 1. The van der Waals surface area contributed by atoms with Crippen LogP contribution in [0, 0.1) is 6.92 Å². The number of nitrogens with one attached hydrogen (secondary N) is 1. The molecule has 0 radical (unpaired) electrons. The third-order valence-electron chi connectivity index (χ3n) is 4.74. The number of rotatable bonds is 8. The van der Waals surface area contributed by atoms with Crippen molar-refractivity contribution in [2.75, 3.05) is 6.54 Å². The van der Waals surface area contributed by atoms with E-state index in [1.165, 1.54) is 18.2 Å². The molecule has 3 aromatic carbocycles. The summed E-state index contributed by atoms with van der Waals surface area (Å²) < 4.78 is 27.8. The van der Waals surface area contributed by atoms with E-state index in [0.29, 0.717) is 20.6 Å². The summed E-state index contributed by atoms with van der Waals surface area (Å²) in [7, 11) is -3.96. The number of halogens is 3. The first-order valence-corrected chi connectivity index (χ1v) is 12.2. The van der Waals surface area contributed by atoms with Crippen LogP contribution in [0.1, 0.15) is 16.7 Å². The molecular weight excluding hydrogens is 491 g/mol. The molecule has 9 heteroatoms. The monoisotopic (exact) mass is 510 g/mol. The molecule has 3 rings (SSSR count).